The van der Waals surface area contributed by atoms with Crippen LogP contribution in [0.1, 0.15) is 25.7 Å². The van der Waals surface area contributed by atoms with Crippen molar-refractivity contribution >= 4 is 21.2 Å². The van der Waals surface area contributed by atoms with E-state index in [1.165, 1.54) is 24.2 Å². The zero-order valence-corrected chi connectivity index (χ0v) is 10.8. The Hall–Kier alpha value is -0.390. The molecule has 1 aliphatic rings. The molecule has 1 heterocycles. The fraction of sp³-hybridized carbons (Fsp3) is 0.636. The Morgan fingerprint density at radius 3 is 2.69 bits per heavy atom. The number of sulfone groups is 1. The molecule has 1 saturated carbocycles. The Bertz CT molecular complexity index is 419. The lowest BCUT2D eigenvalue weighted by Crippen LogP contribution is -2.35. The van der Waals surface area contributed by atoms with Crippen LogP contribution >= 0.6 is 11.3 Å². The van der Waals surface area contributed by atoms with Gasteiger partial charge >= 0.3 is 0 Å². The van der Waals surface area contributed by atoms with Crippen LogP contribution in [0.2, 0.25) is 0 Å². The van der Waals surface area contributed by atoms with Crippen LogP contribution < -0.4 is 5.73 Å². The number of nitrogens with two attached hydrogens (primary N) is 1. The van der Waals surface area contributed by atoms with Crippen molar-refractivity contribution < 1.29 is 8.42 Å². The largest absolute Gasteiger partial charge is 0.327 e. The van der Waals surface area contributed by atoms with Crippen molar-refractivity contribution in [2.75, 3.05) is 5.75 Å². The molecule has 2 rings (SSSR count). The highest BCUT2D eigenvalue weighted by Crippen LogP contribution is 2.28. The van der Waals surface area contributed by atoms with Crippen LogP contribution in [0, 0.1) is 5.92 Å². The van der Waals surface area contributed by atoms with E-state index >= 15 is 0 Å². The number of hydrogen-bond donors (Lipinski definition) is 1. The molecule has 0 radical (unpaired) electrons. The molecule has 16 heavy (non-hydrogen) atoms. The van der Waals surface area contributed by atoms with E-state index in [0.29, 0.717) is 10.1 Å². The summed E-state index contributed by atoms with van der Waals surface area (Å²) in [5.41, 5.74) is 6.00. The van der Waals surface area contributed by atoms with Gasteiger partial charge in [0.25, 0.3) is 0 Å². The predicted molar refractivity (Wildman–Crippen MR) is 66.3 cm³/mol. The van der Waals surface area contributed by atoms with Crippen molar-refractivity contribution in [3.05, 3.63) is 17.5 Å². The number of rotatable bonds is 4. The molecule has 0 aliphatic heterocycles. The average molecular weight is 259 g/mol. The van der Waals surface area contributed by atoms with Crippen molar-refractivity contribution in [1.82, 2.24) is 0 Å². The molecule has 1 aromatic heterocycles. The molecule has 0 amide bonds. The molecule has 0 saturated heterocycles. The lowest BCUT2D eigenvalue weighted by atomic mass is 10.0. The van der Waals surface area contributed by atoms with Gasteiger partial charge in [-0.3, -0.25) is 0 Å². The maximum atomic E-state index is 12.0. The second kappa shape index (κ2) is 4.85. The topological polar surface area (TPSA) is 60.2 Å². The molecule has 1 atom stereocenters. The van der Waals surface area contributed by atoms with Crippen LogP contribution in [0.15, 0.2) is 21.7 Å². The van der Waals surface area contributed by atoms with Crippen molar-refractivity contribution in [2.45, 2.75) is 35.9 Å². The molecule has 0 bridgehead atoms. The summed E-state index contributed by atoms with van der Waals surface area (Å²) in [5.74, 6) is 0.493. The molecule has 3 nitrogen and oxygen atoms in total. The molecule has 5 heteroatoms. The Labute approximate surface area is 101 Å². The van der Waals surface area contributed by atoms with E-state index in [9.17, 15) is 8.42 Å². The molecule has 0 aromatic carbocycles. The van der Waals surface area contributed by atoms with E-state index in [1.54, 1.807) is 17.5 Å². The Morgan fingerprint density at radius 2 is 2.12 bits per heavy atom. The van der Waals surface area contributed by atoms with Crippen molar-refractivity contribution in [3.8, 4) is 0 Å². The molecule has 1 aliphatic carbocycles. The smallest absolute Gasteiger partial charge is 0.189 e. The third kappa shape index (κ3) is 2.64. The SMILES string of the molecule is NC(CS(=O)(=O)c1cccs1)C1CCCC1. The summed E-state index contributed by atoms with van der Waals surface area (Å²) < 4.78 is 24.4. The van der Waals surface area contributed by atoms with Crippen LogP contribution in [0.4, 0.5) is 0 Å². The minimum absolute atomic E-state index is 0.0954. The quantitative estimate of drug-likeness (QED) is 0.900. The van der Waals surface area contributed by atoms with Gasteiger partial charge in [0.2, 0.25) is 0 Å². The summed E-state index contributed by atoms with van der Waals surface area (Å²) in [6.45, 7) is 0. The van der Waals surface area contributed by atoms with E-state index in [2.05, 4.69) is 0 Å². The zero-order chi connectivity index (χ0) is 11.6. The monoisotopic (exact) mass is 259 g/mol. The molecular formula is C11H17NO2S2. The van der Waals surface area contributed by atoms with Crippen LogP contribution in [0.3, 0.4) is 0 Å². The van der Waals surface area contributed by atoms with E-state index in [0.717, 1.165) is 12.8 Å². The normalized spacial score (nSPS) is 20.1. The Morgan fingerprint density at radius 1 is 1.44 bits per heavy atom. The predicted octanol–water partition coefficient (Wildman–Crippen LogP) is 2.04. The first-order chi connectivity index (χ1) is 7.59. The molecular weight excluding hydrogens is 242 g/mol. The van der Waals surface area contributed by atoms with Gasteiger partial charge in [0, 0.05) is 6.04 Å². The highest BCUT2D eigenvalue weighted by molar-refractivity contribution is 7.93. The summed E-state index contributed by atoms with van der Waals surface area (Å²) in [7, 11) is -3.16. The first kappa shape index (κ1) is 12.1. The minimum Gasteiger partial charge on any atom is -0.327 e. The van der Waals surface area contributed by atoms with Gasteiger partial charge < -0.3 is 5.73 Å². The summed E-state index contributed by atoms with van der Waals surface area (Å²) in [4.78, 5) is 0. The maximum absolute atomic E-state index is 12.0. The Balaban J connectivity index is 2.03. The second-order valence-corrected chi connectivity index (χ2v) is 7.63. The van der Waals surface area contributed by atoms with E-state index in [1.807, 2.05) is 0 Å². The average Bonchev–Trinajstić information content (AvgIpc) is 2.91. The fourth-order valence-corrected chi connectivity index (χ4v) is 4.93. The third-order valence-electron chi connectivity index (χ3n) is 3.22. The third-order valence-corrected chi connectivity index (χ3v) is 6.50. The summed E-state index contributed by atoms with van der Waals surface area (Å²) in [5, 5.41) is 1.79. The molecule has 1 fully saturated rings. The van der Waals surface area contributed by atoms with Crippen molar-refractivity contribution in [1.29, 1.82) is 0 Å². The number of thiophene rings is 1. The van der Waals surface area contributed by atoms with Crippen LogP contribution in [0.5, 0.6) is 0 Å². The van der Waals surface area contributed by atoms with Crippen molar-refractivity contribution in [3.63, 3.8) is 0 Å². The summed E-state index contributed by atoms with van der Waals surface area (Å²) in [6, 6.07) is 3.22. The van der Waals surface area contributed by atoms with Gasteiger partial charge in [-0.15, -0.1) is 11.3 Å². The second-order valence-electron chi connectivity index (χ2n) is 4.42. The fourth-order valence-electron chi connectivity index (χ4n) is 2.30. The van der Waals surface area contributed by atoms with Crippen molar-refractivity contribution in [2.24, 2.45) is 11.7 Å². The lowest BCUT2D eigenvalue weighted by molar-refractivity contribution is 0.455. The number of hydrogen-bond acceptors (Lipinski definition) is 4. The van der Waals surface area contributed by atoms with Gasteiger partial charge in [0.15, 0.2) is 9.84 Å². The van der Waals surface area contributed by atoms with Gasteiger partial charge in [0.05, 0.1) is 5.75 Å². The summed E-state index contributed by atoms with van der Waals surface area (Å²) >= 11 is 1.27. The first-order valence-corrected chi connectivity index (χ1v) is 8.14. The van der Waals surface area contributed by atoms with E-state index < -0.39 is 9.84 Å². The molecule has 0 spiro atoms. The Kier molecular flexibility index (Phi) is 3.66. The summed E-state index contributed by atoms with van der Waals surface area (Å²) in [6.07, 6.45) is 4.55. The van der Waals surface area contributed by atoms with Crippen LogP contribution in [0.25, 0.3) is 0 Å². The highest BCUT2D eigenvalue weighted by atomic mass is 32.2. The van der Waals surface area contributed by atoms with Gasteiger partial charge in [-0.1, -0.05) is 18.9 Å². The van der Waals surface area contributed by atoms with Gasteiger partial charge in [-0.05, 0) is 30.2 Å². The molecule has 2 N–H and O–H groups in total. The van der Waals surface area contributed by atoms with Crippen LogP contribution in [-0.4, -0.2) is 20.2 Å². The van der Waals surface area contributed by atoms with Crippen LogP contribution in [-0.2, 0) is 9.84 Å². The lowest BCUT2D eigenvalue weighted by Gasteiger charge is -2.18. The van der Waals surface area contributed by atoms with Gasteiger partial charge in [0.1, 0.15) is 4.21 Å². The molecule has 90 valence electrons. The highest BCUT2D eigenvalue weighted by Gasteiger charge is 2.27. The maximum Gasteiger partial charge on any atom is 0.189 e. The first-order valence-electron chi connectivity index (χ1n) is 5.61. The standard InChI is InChI=1S/C11H17NO2S2/c12-10(9-4-1-2-5-9)8-16(13,14)11-6-3-7-15-11/h3,6-7,9-10H,1-2,4-5,8,12H2. The van der Waals surface area contributed by atoms with E-state index in [-0.39, 0.29) is 11.8 Å². The minimum atomic E-state index is -3.16. The molecule has 1 aromatic rings. The zero-order valence-electron chi connectivity index (χ0n) is 9.13. The van der Waals surface area contributed by atoms with Gasteiger partial charge in [-0.25, -0.2) is 8.42 Å². The van der Waals surface area contributed by atoms with E-state index in [4.69, 9.17) is 5.73 Å². The molecule has 1 unspecified atom stereocenters. The van der Waals surface area contributed by atoms with Gasteiger partial charge in [-0.2, -0.15) is 0 Å².